The Kier molecular flexibility index (Phi) is 6.98. The van der Waals surface area contributed by atoms with Gasteiger partial charge in [0.15, 0.2) is 0 Å². The molecule has 0 aromatic heterocycles. The average Bonchev–Trinajstić information content (AvgIpc) is 1.89. The first-order valence-corrected chi connectivity index (χ1v) is 3.07. The minimum atomic E-state index is 0.255. The lowest BCUT2D eigenvalue weighted by Gasteiger charge is -1.95. The van der Waals surface area contributed by atoms with Gasteiger partial charge in [-0.15, -0.1) is 5.73 Å². The Hall–Kier alpha value is -0.560. The largest absolute Gasteiger partial charge is 0.396 e. The molecule has 0 aromatic rings. The molecular formula is C7H13NO. The maximum Gasteiger partial charge on any atom is 0.0443 e. The first-order valence-electron chi connectivity index (χ1n) is 3.07. The Balaban J connectivity index is 2.82. The van der Waals surface area contributed by atoms with Gasteiger partial charge in [0.05, 0.1) is 0 Å². The van der Waals surface area contributed by atoms with Crippen molar-refractivity contribution >= 4 is 0 Å². The van der Waals surface area contributed by atoms with Crippen molar-refractivity contribution in [3.63, 3.8) is 0 Å². The van der Waals surface area contributed by atoms with Gasteiger partial charge in [0.2, 0.25) is 0 Å². The van der Waals surface area contributed by atoms with Crippen molar-refractivity contribution in [3.8, 4) is 0 Å². The Morgan fingerprint density at radius 1 is 1.67 bits per heavy atom. The minimum Gasteiger partial charge on any atom is -0.396 e. The number of hydrogen-bond donors (Lipinski definition) is 2. The van der Waals surface area contributed by atoms with Crippen LogP contribution < -0.4 is 5.32 Å². The van der Waals surface area contributed by atoms with E-state index in [4.69, 9.17) is 5.11 Å². The van der Waals surface area contributed by atoms with Gasteiger partial charge in [-0.3, -0.25) is 0 Å². The van der Waals surface area contributed by atoms with Crippen molar-refractivity contribution in [2.24, 2.45) is 0 Å². The van der Waals surface area contributed by atoms with Crippen LogP contribution in [0.4, 0.5) is 0 Å². The molecule has 0 saturated carbocycles. The van der Waals surface area contributed by atoms with Crippen LogP contribution in [-0.4, -0.2) is 24.8 Å². The van der Waals surface area contributed by atoms with Crippen LogP contribution in [0.3, 0.4) is 0 Å². The molecule has 0 saturated heterocycles. The van der Waals surface area contributed by atoms with Gasteiger partial charge in [0.25, 0.3) is 0 Å². The lowest BCUT2D eigenvalue weighted by molar-refractivity contribution is 0.287. The van der Waals surface area contributed by atoms with Crippen molar-refractivity contribution in [3.05, 3.63) is 18.4 Å². The van der Waals surface area contributed by atoms with Gasteiger partial charge in [0.1, 0.15) is 0 Å². The van der Waals surface area contributed by atoms with Crippen molar-refractivity contribution in [2.45, 2.75) is 6.42 Å². The first kappa shape index (κ1) is 8.44. The summed E-state index contributed by atoms with van der Waals surface area (Å²) in [5.74, 6) is 0. The molecule has 9 heavy (non-hydrogen) atoms. The molecule has 2 heteroatoms. The molecule has 0 aromatic carbocycles. The number of aliphatic hydroxyl groups is 1. The third kappa shape index (κ3) is 7.44. The molecule has 0 amide bonds. The van der Waals surface area contributed by atoms with Crippen LogP contribution in [0, 0.1) is 0 Å². The number of nitrogens with one attached hydrogen (secondary N) is 1. The van der Waals surface area contributed by atoms with E-state index in [0.29, 0.717) is 0 Å². The van der Waals surface area contributed by atoms with E-state index in [1.165, 1.54) is 0 Å². The molecule has 52 valence electrons. The van der Waals surface area contributed by atoms with Crippen LogP contribution in [0.25, 0.3) is 0 Å². The van der Waals surface area contributed by atoms with Crippen LogP contribution in [0.5, 0.6) is 0 Å². The lowest BCUT2D eigenvalue weighted by Crippen LogP contribution is -2.15. The molecule has 0 aliphatic rings. The van der Waals surface area contributed by atoms with Crippen molar-refractivity contribution in [2.75, 3.05) is 19.7 Å². The summed E-state index contributed by atoms with van der Waals surface area (Å²) in [6.07, 6.45) is 2.63. The van der Waals surface area contributed by atoms with Gasteiger partial charge < -0.3 is 10.4 Å². The second-order valence-electron chi connectivity index (χ2n) is 1.69. The highest BCUT2D eigenvalue weighted by Crippen LogP contribution is 1.70. The van der Waals surface area contributed by atoms with E-state index < -0.39 is 0 Å². The molecule has 0 atom stereocenters. The first-order chi connectivity index (χ1) is 4.41. The quantitative estimate of drug-likeness (QED) is 0.411. The summed E-state index contributed by atoms with van der Waals surface area (Å²) in [7, 11) is 0. The molecule has 0 fully saturated rings. The maximum atomic E-state index is 8.34. The second kappa shape index (κ2) is 7.44. The highest BCUT2D eigenvalue weighted by molar-refractivity contribution is 4.77. The molecule has 0 heterocycles. The topological polar surface area (TPSA) is 32.3 Å². The number of rotatable bonds is 5. The Morgan fingerprint density at radius 2 is 2.44 bits per heavy atom. The normalized spacial score (nSPS) is 8.56. The van der Waals surface area contributed by atoms with Crippen LogP contribution in [0.15, 0.2) is 18.4 Å². The fourth-order valence-electron chi connectivity index (χ4n) is 0.450. The van der Waals surface area contributed by atoms with Gasteiger partial charge >= 0.3 is 0 Å². The van der Waals surface area contributed by atoms with E-state index in [9.17, 15) is 0 Å². The Morgan fingerprint density at radius 3 is 3.00 bits per heavy atom. The second-order valence-corrected chi connectivity index (χ2v) is 1.69. The molecule has 0 bridgehead atoms. The molecule has 0 radical (unpaired) electrons. The SMILES string of the molecule is C=C=CCNCCCO. The molecule has 0 aliphatic heterocycles. The average molecular weight is 127 g/mol. The summed E-state index contributed by atoms with van der Waals surface area (Å²) in [6, 6.07) is 0. The summed E-state index contributed by atoms with van der Waals surface area (Å²) in [5.41, 5.74) is 2.64. The third-order valence-electron chi connectivity index (χ3n) is 0.902. The van der Waals surface area contributed by atoms with Crippen molar-refractivity contribution in [1.29, 1.82) is 0 Å². The predicted molar refractivity (Wildman–Crippen MR) is 38.3 cm³/mol. The Bertz CT molecular complexity index is 95.1. The minimum absolute atomic E-state index is 0.255. The number of hydrogen-bond acceptors (Lipinski definition) is 2. The zero-order valence-electron chi connectivity index (χ0n) is 5.56. The molecule has 2 N–H and O–H groups in total. The van der Waals surface area contributed by atoms with E-state index in [-0.39, 0.29) is 6.61 Å². The molecule has 0 spiro atoms. The standard InChI is InChI=1S/C7H13NO/c1-2-3-5-8-6-4-7-9/h3,8-9H,1,4-7H2. The smallest absolute Gasteiger partial charge is 0.0443 e. The van der Waals surface area contributed by atoms with Gasteiger partial charge in [-0.05, 0) is 19.0 Å². The summed E-state index contributed by atoms with van der Waals surface area (Å²) in [4.78, 5) is 0. The fourth-order valence-corrected chi connectivity index (χ4v) is 0.450. The third-order valence-corrected chi connectivity index (χ3v) is 0.902. The van der Waals surface area contributed by atoms with E-state index in [1.54, 1.807) is 0 Å². The molecule has 0 rings (SSSR count). The van der Waals surface area contributed by atoms with Gasteiger partial charge in [-0.2, -0.15) is 0 Å². The summed E-state index contributed by atoms with van der Waals surface area (Å²) in [6.45, 7) is 5.31. The van der Waals surface area contributed by atoms with Gasteiger partial charge in [-0.1, -0.05) is 6.58 Å². The molecule has 0 unspecified atom stereocenters. The van der Waals surface area contributed by atoms with E-state index in [1.807, 2.05) is 6.08 Å². The zero-order valence-corrected chi connectivity index (χ0v) is 5.56. The highest BCUT2D eigenvalue weighted by atomic mass is 16.3. The van der Waals surface area contributed by atoms with Gasteiger partial charge in [-0.25, -0.2) is 0 Å². The summed E-state index contributed by atoms with van der Waals surface area (Å²) >= 11 is 0. The van der Waals surface area contributed by atoms with E-state index >= 15 is 0 Å². The van der Waals surface area contributed by atoms with E-state index in [0.717, 1.165) is 19.5 Å². The lowest BCUT2D eigenvalue weighted by atomic mass is 10.4. The summed E-state index contributed by atoms with van der Waals surface area (Å²) in [5, 5.41) is 11.4. The fraction of sp³-hybridized carbons (Fsp3) is 0.571. The van der Waals surface area contributed by atoms with Crippen LogP contribution in [-0.2, 0) is 0 Å². The highest BCUT2D eigenvalue weighted by Gasteiger charge is 1.80. The number of aliphatic hydroxyl groups excluding tert-OH is 1. The zero-order chi connectivity index (χ0) is 6.95. The van der Waals surface area contributed by atoms with Gasteiger partial charge in [0, 0.05) is 13.2 Å². The predicted octanol–water partition coefficient (Wildman–Crippen LogP) is 0.299. The molecule has 2 nitrogen and oxygen atoms in total. The van der Waals surface area contributed by atoms with Crippen LogP contribution in [0.2, 0.25) is 0 Å². The monoisotopic (exact) mass is 127 g/mol. The van der Waals surface area contributed by atoms with Crippen molar-refractivity contribution < 1.29 is 5.11 Å². The van der Waals surface area contributed by atoms with Crippen molar-refractivity contribution in [1.82, 2.24) is 5.32 Å². The van der Waals surface area contributed by atoms with Crippen LogP contribution >= 0.6 is 0 Å². The van der Waals surface area contributed by atoms with Crippen LogP contribution in [0.1, 0.15) is 6.42 Å². The molecule has 0 aliphatic carbocycles. The van der Waals surface area contributed by atoms with E-state index in [2.05, 4.69) is 17.6 Å². The summed E-state index contributed by atoms with van der Waals surface area (Å²) < 4.78 is 0. The maximum absolute atomic E-state index is 8.34. The Labute approximate surface area is 55.9 Å². The molecular weight excluding hydrogens is 114 g/mol.